The lowest BCUT2D eigenvalue weighted by Gasteiger charge is -2.26. The largest absolute Gasteiger partial charge is 0.435 e. The van der Waals surface area contributed by atoms with E-state index in [2.05, 4.69) is 4.74 Å². The van der Waals surface area contributed by atoms with Crippen molar-refractivity contribution in [1.82, 2.24) is 9.13 Å². The normalized spacial score (nSPS) is 18.9. The van der Waals surface area contributed by atoms with Crippen molar-refractivity contribution in [3.8, 4) is 11.4 Å². The maximum atomic E-state index is 13.3. The SMILES string of the molecule is CC(C)n1c(=O)n(-c2cccc(OC(F)F)c2)c2ccc(C(=O)C[C@H]3CCCC[C@@H]3O)cc21. The number of rotatable bonds is 7. The topological polar surface area (TPSA) is 73.5 Å². The van der Waals surface area contributed by atoms with Gasteiger partial charge in [0, 0.05) is 24.1 Å². The van der Waals surface area contributed by atoms with Crippen LogP contribution in [0.15, 0.2) is 47.3 Å². The Labute approximate surface area is 190 Å². The lowest BCUT2D eigenvalue weighted by molar-refractivity contribution is -0.0498. The summed E-state index contributed by atoms with van der Waals surface area (Å²) in [6.45, 7) is 0.771. The Morgan fingerprint density at radius 2 is 1.88 bits per heavy atom. The summed E-state index contributed by atoms with van der Waals surface area (Å²) in [5.74, 6) is -0.153. The third-order valence-corrected chi connectivity index (χ3v) is 6.33. The van der Waals surface area contributed by atoms with Gasteiger partial charge in [-0.15, -0.1) is 0 Å². The second-order valence-electron chi connectivity index (χ2n) is 8.90. The van der Waals surface area contributed by atoms with Crippen LogP contribution in [-0.2, 0) is 0 Å². The van der Waals surface area contributed by atoms with Gasteiger partial charge in [-0.25, -0.2) is 4.79 Å². The second kappa shape index (κ2) is 9.47. The Balaban J connectivity index is 1.76. The fourth-order valence-electron chi connectivity index (χ4n) is 4.72. The zero-order valence-electron chi connectivity index (χ0n) is 18.7. The minimum atomic E-state index is -2.97. The molecule has 1 N–H and O–H groups in total. The number of aromatic nitrogens is 2. The highest BCUT2D eigenvalue weighted by molar-refractivity contribution is 5.99. The van der Waals surface area contributed by atoms with Gasteiger partial charge in [-0.3, -0.25) is 13.9 Å². The number of alkyl halides is 2. The summed E-state index contributed by atoms with van der Waals surface area (Å²) in [4.78, 5) is 26.3. The molecule has 0 saturated heterocycles. The average Bonchev–Trinajstić information content (AvgIpc) is 3.06. The molecule has 3 aromatic rings. The summed E-state index contributed by atoms with van der Waals surface area (Å²) < 4.78 is 32.8. The monoisotopic (exact) mass is 458 g/mol. The van der Waals surface area contributed by atoms with E-state index in [9.17, 15) is 23.5 Å². The van der Waals surface area contributed by atoms with Gasteiger partial charge in [0.15, 0.2) is 5.78 Å². The number of carbonyl (C=O) groups is 1. The molecule has 0 spiro atoms. The lowest BCUT2D eigenvalue weighted by atomic mass is 9.82. The predicted octanol–water partition coefficient (Wildman–Crippen LogP) is 5.10. The Morgan fingerprint density at radius 3 is 2.58 bits per heavy atom. The van der Waals surface area contributed by atoms with E-state index in [1.165, 1.54) is 16.7 Å². The van der Waals surface area contributed by atoms with Crippen LogP contribution in [0.3, 0.4) is 0 Å². The fraction of sp³-hybridized carbons (Fsp3) is 0.440. The molecule has 33 heavy (non-hydrogen) atoms. The predicted molar refractivity (Wildman–Crippen MR) is 121 cm³/mol. The van der Waals surface area contributed by atoms with Crippen molar-refractivity contribution in [2.24, 2.45) is 5.92 Å². The molecule has 1 aliphatic rings. The number of ether oxygens (including phenoxy) is 1. The number of aliphatic hydroxyl groups excluding tert-OH is 1. The van der Waals surface area contributed by atoms with Gasteiger partial charge in [0.2, 0.25) is 0 Å². The van der Waals surface area contributed by atoms with E-state index in [4.69, 9.17) is 0 Å². The molecule has 1 heterocycles. The van der Waals surface area contributed by atoms with Crippen molar-refractivity contribution in [2.75, 3.05) is 0 Å². The summed E-state index contributed by atoms with van der Waals surface area (Å²) in [6, 6.07) is 10.9. The molecule has 0 amide bonds. The summed E-state index contributed by atoms with van der Waals surface area (Å²) in [6.07, 6.45) is 3.37. The maximum Gasteiger partial charge on any atom is 0.387 e. The number of halogens is 2. The van der Waals surface area contributed by atoms with Crippen LogP contribution in [-0.4, -0.2) is 32.7 Å². The van der Waals surface area contributed by atoms with Gasteiger partial charge < -0.3 is 9.84 Å². The molecular weight excluding hydrogens is 430 g/mol. The molecule has 8 heteroatoms. The van der Waals surface area contributed by atoms with Crippen LogP contribution in [0.25, 0.3) is 16.7 Å². The van der Waals surface area contributed by atoms with Crippen molar-refractivity contribution in [3.05, 3.63) is 58.5 Å². The minimum Gasteiger partial charge on any atom is -0.435 e. The van der Waals surface area contributed by atoms with Gasteiger partial charge in [0.25, 0.3) is 0 Å². The molecule has 176 valence electrons. The maximum absolute atomic E-state index is 13.3. The summed E-state index contributed by atoms with van der Waals surface area (Å²) in [7, 11) is 0. The zero-order valence-corrected chi connectivity index (χ0v) is 18.7. The van der Waals surface area contributed by atoms with Crippen molar-refractivity contribution in [1.29, 1.82) is 0 Å². The highest BCUT2D eigenvalue weighted by Gasteiger charge is 2.26. The van der Waals surface area contributed by atoms with Crippen LogP contribution in [0.1, 0.15) is 62.4 Å². The average molecular weight is 459 g/mol. The summed E-state index contributed by atoms with van der Waals surface area (Å²) in [5.41, 5.74) is 1.71. The summed E-state index contributed by atoms with van der Waals surface area (Å²) >= 11 is 0. The first-order chi connectivity index (χ1) is 15.8. The van der Waals surface area contributed by atoms with Gasteiger partial charge >= 0.3 is 12.3 Å². The molecule has 1 saturated carbocycles. The Bertz CT molecular complexity index is 1210. The lowest BCUT2D eigenvalue weighted by Crippen LogP contribution is -2.26. The number of hydrogen-bond donors (Lipinski definition) is 1. The third-order valence-electron chi connectivity index (χ3n) is 6.33. The van der Waals surface area contributed by atoms with Crippen LogP contribution in [0.2, 0.25) is 0 Å². The number of ketones is 1. The highest BCUT2D eigenvalue weighted by atomic mass is 19.3. The van der Waals surface area contributed by atoms with E-state index in [-0.39, 0.29) is 35.6 Å². The van der Waals surface area contributed by atoms with Crippen molar-refractivity contribution in [3.63, 3.8) is 0 Å². The van der Waals surface area contributed by atoms with Gasteiger partial charge in [-0.05, 0) is 62.9 Å². The minimum absolute atomic E-state index is 0.0438. The molecule has 1 aliphatic carbocycles. The van der Waals surface area contributed by atoms with Gasteiger partial charge in [0.05, 0.1) is 22.8 Å². The van der Waals surface area contributed by atoms with E-state index < -0.39 is 12.7 Å². The highest BCUT2D eigenvalue weighted by Crippen LogP contribution is 2.29. The Hall–Kier alpha value is -3.00. The Morgan fingerprint density at radius 1 is 1.12 bits per heavy atom. The number of aliphatic hydroxyl groups is 1. The number of benzene rings is 2. The quantitative estimate of drug-likeness (QED) is 0.500. The summed E-state index contributed by atoms with van der Waals surface area (Å²) in [5, 5.41) is 10.2. The molecule has 1 fully saturated rings. The number of imidazole rings is 1. The first-order valence-corrected chi connectivity index (χ1v) is 11.3. The molecule has 6 nitrogen and oxygen atoms in total. The fourth-order valence-corrected chi connectivity index (χ4v) is 4.72. The van der Waals surface area contributed by atoms with Crippen LogP contribution < -0.4 is 10.4 Å². The molecule has 0 unspecified atom stereocenters. The molecular formula is C25H28F2N2O4. The molecule has 2 atom stereocenters. The second-order valence-corrected chi connectivity index (χ2v) is 8.90. The third kappa shape index (κ3) is 4.71. The van der Waals surface area contributed by atoms with Gasteiger partial charge in [-0.2, -0.15) is 8.78 Å². The smallest absolute Gasteiger partial charge is 0.387 e. The number of Topliss-reactive ketones (excluding diaryl/α,β-unsaturated/α-hetero) is 1. The van der Waals surface area contributed by atoms with Crippen molar-refractivity contribution >= 4 is 16.8 Å². The molecule has 0 aliphatic heterocycles. The van der Waals surface area contributed by atoms with Crippen molar-refractivity contribution in [2.45, 2.75) is 64.7 Å². The van der Waals surface area contributed by atoms with Crippen LogP contribution in [0.5, 0.6) is 5.75 Å². The number of carbonyl (C=O) groups excluding carboxylic acids is 1. The first kappa shape index (κ1) is 23.2. The van der Waals surface area contributed by atoms with Crippen LogP contribution in [0.4, 0.5) is 8.78 Å². The van der Waals surface area contributed by atoms with E-state index in [1.807, 2.05) is 13.8 Å². The van der Waals surface area contributed by atoms with Crippen molar-refractivity contribution < 1.29 is 23.4 Å². The van der Waals surface area contributed by atoms with E-state index >= 15 is 0 Å². The molecule has 4 rings (SSSR count). The molecule has 0 bridgehead atoms. The molecule has 2 aromatic carbocycles. The molecule has 0 radical (unpaired) electrons. The number of fused-ring (bicyclic) bond motifs is 1. The number of nitrogens with zero attached hydrogens (tertiary/aromatic N) is 2. The Kier molecular flexibility index (Phi) is 6.65. The van der Waals surface area contributed by atoms with E-state index in [0.29, 0.717) is 22.3 Å². The van der Waals surface area contributed by atoms with E-state index in [1.54, 1.807) is 34.9 Å². The van der Waals surface area contributed by atoms with E-state index in [0.717, 1.165) is 25.7 Å². The first-order valence-electron chi connectivity index (χ1n) is 11.3. The number of hydrogen-bond acceptors (Lipinski definition) is 4. The van der Waals surface area contributed by atoms with Gasteiger partial charge in [0.1, 0.15) is 5.75 Å². The van der Waals surface area contributed by atoms with Gasteiger partial charge in [-0.1, -0.05) is 18.9 Å². The standard InChI is InChI=1S/C25H28F2N2O4/c1-15(2)28-21-12-17(23(31)13-16-6-3-4-9-22(16)30)10-11-20(21)29(25(28)32)18-7-5-8-19(14-18)33-24(26)27/h5,7-8,10-12,14-16,22,24,30H,3-4,6,9,13H2,1-2H3/t16-,22+/m1/s1. The zero-order chi connectivity index (χ0) is 23.7. The van der Waals surface area contributed by atoms with Crippen LogP contribution in [0, 0.1) is 5.92 Å². The molecule has 1 aromatic heterocycles. The van der Waals surface area contributed by atoms with Crippen LogP contribution >= 0.6 is 0 Å².